The first-order valence-corrected chi connectivity index (χ1v) is 8.10. The van der Waals surface area contributed by atoms with Gasteiger partial charge in [-0.15, -0.1) is 0 Å². The number of anilines is 4. The minimum atomic E-state index is -4.53. The van der Waals surface area contributed by atoms with Gasteiger partial charge in [-0.05, 0) is 11.6 Å². The highest BCUT2D eigenvalue weighted by molar-refractivity contribution is 6.33. The van der Waals surface area contributed by atoms with Gasteiger partial charge in [0, 0.05) is 12.7 Å². The molecule has 2 heterocycles. The van der Waals surface area contributed by atoms with Crippen LogP contribution in [0.4, 0.5) is 36.3 Å². The maximum Gasteiger partial charge on any atom is 0.417 e. The van der Waals surface area contributed by atoms with Crippen LogP contribution in [-0.2, 0) is 12.7 Å². The summed E-state index contributed by atoms with van der Waals surface area (Å²) in [6.45, 7) is 0.487. The fourth-order valence-electron chi connectivity index (χ4n) is 2.21. The lowest BCUT2D eigenvalue weighted by atomic mass is 10.2. The van der Waals surface area contributed by atoms with Crippen molar-refractivity contribution in [2.24, 2.45) is 0 Å². The summed E-state index contributed by atoms with van der Waals surface area (Å²) in [5.41, 5.74) is 6.31. The van der Waals surface area contributed by atoms with Crippen LogP contribution in [0.5, 0.6) is 0 Å². The molecule has 0 atom stereocenters. The first-order valence-electron chi connectivity index (χ1n) is 7.72. The number of pyridine rings is 1. The summed E-state index contributed by atoms with van der Waals surface area (Å²) in [5.74, 6) is 0.554. The van der Waals surface area contributed by atoms with Crippen molar-refractivity contribution in [3.63, 3.8) is 0 Å². The Kier molecular flexibility index (Phi) is 5.31. The van der Waals surface area contributed by atoms with Crippen molar-refractivity contribution in [2.75, 3.05) is 16.4 Å². The van der Waals surface area contributed by atoms with Gasteiger partial charge in [-0.2, -0.15) is 13.2 Å². The molecule has 0 aliphatic heterocycles. The van der Waals surface area contributed by atoms with Gasteiger partial charge in [0.1, 0.15) is 17.8 Å². The van der Waals surface area contributed by atoms with Crippen molar-refractivity contribution in [1.29, 1.82) is 0 Å². The number of nitrogen functional groups attached to an aromatic ring is 1. The van der Waals surface area contributed by atoms with Gasteiger partial charge in [0.2, 0.25) is 0 Å². The number of hydrogen-bond acceptors (Lipinski definition) is 6. The Morgan fingerprint density at radius 3 is 2.37 bits per heavy atom. The summed E-state index contributed by atoms with van der Waals surface area (Å²) < 4.78 is 38.1. The van der Waals surface area contributed by atoms with E-state index in [1.54, 1.807) is 0 Å². The lowest BCUT2D eigenvalue weighted by molar-refractivity contribution is -0.137. The van der Waals surface area contributed by atoms with Gasteiger partial charge >= 0.3 is 6.18 Å². The number of benzene rings is 1. The molecule has 0 aliphatic rings. The van der Waals surface area contributed by atoms with E-state index in [2.05, 4.69) is 25.6 Å². The Bertz CT molecular complexity index is 934. The number of nitrogens with two attached hydrogens (primary N) is 1. The molecule has 0 bridgehead atoms. The number of hydrogen-bond donors (Lipinski definition) is 3. The summed E-state index contributed by atoms with van der Waals surface area (Å²) in [4.78, 5) is 11.8. The average molecular weight is 395 g/mol. The smallest absolute Gasteiger partial charge is 0.393 e. The molecule has 1 aromatic carbocycles. The number of nitrogens with zero attached hydrogens (tertiary/aromatic N) is 3. The monoisotopic (exact) mass is 394 g/mol. The number of aromatic nitrogens is 3. The Balaban J connectivity index is 1.78. The zero-order valence-electron chi connectivity index (χ0n) is 13.8. The molecule has 4 N–H and O–H groups in total. The molecule has 0 unspecified atom stereocenters. The Hall–Kier alpha value is -3.07. The number of rotatable bonds is 5. The summed E-state index contributed by atoms with van der Waals surface area (Å²) >= 11 is 5.89. The van der Waals surface area contributed by atoms with E-state index in [0.717, 1.165) is 11.6 Å². The minimum Gasteiger partial charge on any atom is -0.393 e. The molecule has 0 amide bonds. The average Bonchev–Trinajstić information content (AvgIpc) is 2.64. The predicted molar refractivity (Wildman–Crippen MR) is 97.7 cm³/mol. The van der Waals surface area contributed by atoms with Crippen LogP contribution >= 0.6 is 11.6 Å². The van der Waals surface area contributed by atoms with Crippen molar-refractivity contribution < 1.29 is 13.2 Å². The predicted octanol–water partition coefficient (Wildman–Crippen LogP) is 4.48. The maximum atomic E-state index is 12.7. The number of nitrogens with one attached hydrogen (secondary N) is 2. The zero-order valence-corrected chi connectivity index (χ0v) is 14.5. The first-order chi connectivity index (χ1) is 12.8. The first kappa shape index (κ1) is 18.7. The molecule has 0 spiro atoms. The highest BCUT2D eigenvalue weighted by Gasteiger charge is 2.31. The van der Waals surface area contributed by atoms with Crippen molar-refractivity contribution >= 4 is 34.7 Å². The van der Waals surface area contributed by atoms with Crippen LogP contribution in [0, 0.1) is 0 Å². The Morgan fingerprint density at radius 2 is 1.70 bits per heavy atom. The van der Waals surface area contributed by atoms with Crippen LogP contribution in [-0.4, -0.2) is 15.0 Å². The van der Waals surface area contributed by atoms with Crippen LogP contribution in [0.25, 0.3) is 0 Å². The van der Waals surface area contributed by atoms with E-state index in [4.69, 9.17) is 17.3 Å². The molecular weight excluding hydrogens is 381 g/mol. The third-order valence-corrected chi connectivity index (χ3v) is 3.88. The molecule has 10 heteroatoms. The van der Waals surface area contributed by atoms with Crippen molar-refractivity contribution in [1.82, 2.24) is 15.0 Å². The lowest BCUT2D eigenvalue weighted by Gasteiger charge is -2.14. The summed E-state index contributed by atoms with van der Waals surface area (Å²) in [5, 5.41) is 5.61. The van der Waals surface area contributed by atoms with Crippen LogP contribution in [0.15, 0.2) is 48.9 Å². The van der Waals surface area contributed by atoms with E-state index >= 15 is 0 Å². The van der Waals surface area contributed by atoms with E-state index in [-0.39, 0.29) is 22.3 Å². The largest absolute Gasteiger partial charge is 0.417 e. The molecule has 6 nitrogen and oxygen atoms in total. The summed E-state index contributed by atoms with van der Waals surface area (Å²) in [6.07, 6.45) is -2.58. The minimum absolute atomic E-state index is 0.00377. The molecule has 140 valence electrons. The molecule has 27 heavy (non-hydrogen) atoms. The Labute approximate surface area is 157 Å². The van der Waals surface area contributed by atoms with Crippen molar-refractivity contribution in [3.8, 4) is 0 Å². The second-order valence-corrected chi connectivity index (χ2v) is 5.91. The van der Waals surface area contributed by atoms with Gasteiger partial charge in [-0.25, -0.2) is 15.0 Å². The van der Waals surface area contributed by atoms with Crippen LogP contribution in [0.1, 0.15) is 11.1 Å². The molecule has 0 fully saturated rings. The highest BCUT2D eigenvalue weighted by Crippen LogP contribution is 2.34. The van der Waals surface area contributed by atoms with Gasteiger partial charge in [0.25, 0.3) is 0 Å². The van der Waals surface area contributed by atoms with Crippen LogP contribution in [0.3, 0.4) is 0 Å². The lowest BCUT2D eigenvalue weighted by Crippen LogP contribution is -2.09. The van der Waals surface area contributed by atoms with E-state index < -0.39 is 11.7 Å². The third-order valence-electron chi connectivity index (χ3n) is 3.59. The molecule has 0 aliphatic carbocycles. The second kappa shape index (κ2) is 7.67. The standard InChI is InChI=1S/C17H14ClF3N6/c18-12-6-11(17(19,20)21)8-24-14(12)27-16-13(22)15(25-9-26-16)23-7-10-4-2-1-3-5-10/h1-6,8-9H,7,22H2,(H2,23,24,25,26,27). The maximum absolute atomic E-state index is 12.7. The fraction of sp³-hybridized carbons (Fsp3) is 0.118. The molecule has 2 aromatic heterocycles. The van der Waals surface area contributed by atoms with Crippen molar-refractivity contribution in [3.05, 3.63) is 65.1 Å². The molecule has 0 radical (unpaired) electrons. The fourth-order valence-corrected chi connectivity index (χ4v) is 2.43. The van der Waals surface area contributed by atoms with Crippen LogP contribution < -0.4 is 16.4 Å². The molecule has 0 saturated heterocycles. The van der Waals surface area contributed by atoms with Gasteiger partial charge in [-0.3, -0.25) is 0 Å². The third kappa shape index (κ3) is 4.56. The Morgan fingerprint density at radius 1 is 1.00 bits per heavy atom. The van der Waals surface area contributed by atoms with Gasteiger partial charge < -0.3 is 16.4 Å². The summed E-state index contributed by atoms with van der Waals surface area (Å²) in [6, 6.07) is 10.4. The second-order valence-electron chi connectivity index (χ2n) is 5.50. The zero-order chi connectivity index (χ0) is 19.4. The quantitative estimate of drug-likeness (QED) is 0.591. The number of alkyl halides is 3. The van der Waals surface area contributed by atoms with Gasteiger partial charge in [-0.1, -0.05) is 41.9 Å². The van der Waals surface area contributed by atoms with Crippen LogP contribution in [0.2, 0.25) is 5.02 Å². The topological polar surface area (TPSA) is 88.8 Å². The molecular formula is C17H14ClF3N6. The van der Waals surface area contributed by atoms with E-state index in [0.29, 0.717) is 18.6 Å². The van der Waals surface area contributed by atoms with Gasteiger partial charge in [0.05, 0.1) is 10.6 Å². The van der Waals surface area contributed by atoms with E-state index in [1.165, 1.54) is 6.33 Å². The molecule has 0 saturated carbocycles. The van der Waals surface area contributed by atoms with Crippen molar-refractivity contribution in [2.45, 2.75) is 12.7 Å². The van der Waals surface area contributed by atoms with E-state index in [1.807, 2.05) is 30.3 Å². The number of halogens is 4. The highest BCUT2D eigenvalue weighted by atomic mass is 35.5. The van der Waals surface area contributed by atoms with E-state index in [9.17, 15) is 13.2 Å². The molecule has 3 aromatic rings. The SMILES string of the molecule is Nc1c(NCc2ccccc2)ncnc1Nc1ncc(C(F)(F)F)cc1Cl. The normalized spacial score (nSPS) is 11.3. The van der Waals surface area contributed by atoms with Gasteiger partial charge in [0.15, 0.2) is 11.6 Å². The molecule has 3 rings (SSSR count). The summed E-state index contributed by atoms with van der Waals surface area (Å²) in [7, 11) is 0.